The summed E-state index contributed by atoms with van der Waals surface area (Å²) in [6.45, 7) is 4.44. The van der Waals surface area contributed by atoms with Crippen molar-refractivity contribution in [1.82, 2.24) is 30.1 Å². The minimum atomic E-state index is 0.701. The largest absolute Gasteiger partial charge is 0.309 e. The highest BCUT2D eigenvalue weighted by molar-refractivity contribution is 5.29. The topological polar surface area (TPSA) is 60.6 Å². The van der Waals surface area contributed by atoms with Gasteiger partial charge < -0.3 is 5.32 Å². The zero-order valence-corrected chi connectivity index (χ0v) is 12.0. The molecule has 0 saturated heterocycles. The maximum absolute atomic E-state index is 4.25. The fourth-order valence-corrected chi connectivity index (χ4v) is 2.09. The molecule has 0 saturated carbocycles. The number of rotatable bonds is 6. The van der Waals surface area contributed by atoms with E-state index in [1.807, 2.05) is 60.5 Å². The first-order valence-corrected chi connectivity index (χ1v) is 6.98. The van der Waals surface area contributed by atoms with Crippen molar-refractivity contribution in [3.05, 3.63) is 60.2 Å². The molecule has 6 heteroatoms. The van der Waals surface area contributed by atoms with Crippen LogP contribution in [0, 0.1) is 6.92 Å². The SMILES string of the molecule is Cc1cnn(CCNCc2cn(-c3ccccc3)nn2)c1. The fourth-order valence-electron chi connectivity index (χ4n) is 2.09. The molecule has 0 radical (unpaired) electrons. The van der Waals surface area contributed by atoms with Crippen molar-refractivity contribution in [3.8, 4) is 5.69 Å². The lowest BCUT2D eigenvalue weighted by atomic mass is 10.3. The Balaban J connectivity index is 1.49. The molecule has 0 fully saturated rings. The summed E-state index contributed by atoms with van der Waals surface area (Å²) in [5, 5.41) is 15.9. The summed E-state index contributed by atoms with van der Waals surface area (Å²) in [5.41, 5.74) is 3.12. The van der Waals surface area contributed by atoms with Gasteiger partial charge >= 0.3 is 0 Å². The summed E-state index contributed by atoms with van der Waals surface area (Å²) in [4.78, 5) is 0. The molecular weight excluding hydrogens is 264 g/mol. The van der Waals surface area contributed by atoms with Crippen LogP contribution in [0.25, 0.3) is 5.69 Å². The van der Waals surface area contributed by atoms with Gasteiger partial charge in [-0.1, -0.05) is 23.4 Å². The number of benzene rings is 1. The number of aryl methyl sites for hydroxylation is 1. The average Bonchev–Trinajstić information content (AvgIpc) is 3.14. The highest BCUT2D eigenvalue weighted by Crippen LogP contribution is 2.05. The molecule has 0 aliphatic carbocycles. The van der Waals surface area contributed by atoms with Gasteiger partial charge in [-0.2, -0.15) is 5.10 Å². The van der Waals surface area contributed by atoms with Crippen molar-refractivity contribution in [2.75, 3.05) is 6.54 Å². The lowest BCUT2D eigenvalue weighted by molar-refractivity contribution is 0.551. The molecule has 0 bridgehead atoms. The summed E-state index contributed by atoms with van der Waals surface area (Å²) in [5.74, 6) is 0. The van der Waals surface area contributed by atoms with E-state index in [0.29, 0.717) is 6.54 Å². The van der Waals surface area contributed by atoms with Gasteiger partial charge in [0.2, 0.25) is 0 Å². The minimum Gasteiger partial charge on any atom is -0.309 e. The number of nitrogens with zero attached hydrogens (tertiary/aromatic N) is 5. The monoisotopic (exact) mass is 282 g/mol. The van der Waals surface area contributed by atoms with Crippen molar-refractivity contribution in [3.63, 3.8) is 0 Å². The molecule has 1 N–H and O–H groups in total. The van der Waals surface area contributed by atoms with Crippen molar-refractivity contribution < 1.29 is 0 Å². The molecule has 2 heterocycles. The molecule has 21 heavy (non-hydrogen) atoms. The molecule has 3 rings (SSSR count). The Bertz CT molecular complexity index is 685. The van der Waals surface area contributed by atoms with E-state index in [-0.39, 0.29) is 0 Å². The Labute approximate surface area is 123 Å². The maximum atomic E-state index is 4.25. The first kappa shape index (κ1) is 13.5. The molecule has 0 atom stereocenters. The quantitative estimate of drug-likeness (QED) is 0.697. The average molecular weight is 282 g/mol. The Morgan fingerprint density at radius 3 is 2.76 bits per heavy atom. The molecule has 0 spiro atoms. The highest BCUT2D eigenvalue weighted by atomic mass is 15.4. The second-order valence-electron chi connectivity index (χ2n) is 4.95. The summed E-state index contributed by atoms with van der Waals surface area (Å²) in [6.07, 6.45) is 5.85. The third-order valence-electron chi connectivity index (χ3n) is 3.15. The number of aromatic nitrogens is 5. The predicted molar refractivity (Wildman–Crippen MR) is 80.0 cm³/mol. The van der Waals surface area contributed by atoms with Gasteiger partial charge in [-0.05, 0) is 24.6 Å². The maximum Gasteiger partial charge on any atom is 0.0969 e. The number of hydrogen-bond donors (Lipinski definition) is 1. The van der Waals surface area contributed by atoms with Crippen LogP contribution in [0.4, 0.5) is 0 Å². The van der Waals surface area contributed by atoms with Gasteiger partial charge in [0.1, 0.15) is 0 Å². The zero-order valence-electron chi connectivity index (χ0n) is 12.0. The lowest BCUT2D eigenvalue weighted by Crippen LogP contribution is -2.19. The summed E-state index contributed by atoms with van der Waals surface area (Å²) >= 11 is 0. The van der Waals surface area contributed by atoms with E-state index >= 15 is 0 Å². The van der Waals surface area contributed by atoms with E-state index in [9.17, 15) is 0 Å². The van der Waals surface area contributed by atoms with Crippen LogP contribution < -0.4 is 5.32 Å². The number of para-hydroxylation sites is 1. The van der Waals surface area contributed by atoms with Crippen molar-refractivity contribution in [2.45, 2.75) is 20.0 Å². The molecule has 0 amide bonds. The Morgan fingerprint density at radius 2 is 2.00 bits per heavy atom. The van der Waals surface area contributed by atoms with Crippen LogP contribution in [0.5, 0.6) is 0 Å². The molecule has 108 valence electrons. The normalized spacial score (nSPS) is 10.9. The molecule has 6 nitrogen and oxygen atoms in total. The van der Waals surface area contributed by atoms with Gasteiger partial charge in [-0.15, -0.1) is 5.10 Å². The van der Waals surface area contributed by atoms with Crippen LogP contribution in [0.1, 0.15) is 11.3 Å². The molecule has 0 aliphatic heterocycles. The summed E-state index contributed by atoms with van der Waals surface area (Å²) in [6, 6.07) is 9.97. The lowest BCUT2D eigenvalue weighted by Gasteiger charge is -2.02. The smallest absolute Gasteiger partial charge is 0.0969 e. The predicted octanol–water partition coefficient (Wildman–Crippen LogP) is 1.56. The van der Waals surface area contributed by atoms with Crippen LogP contribution in [-0.2, 0) is 13.1 Å². The molecule has 0 aliphatic rings. The van der Waals surface area contributed by atoms with Gasteiger partial charge in [-0.3, -0.25) is 4.68 Å². The van der Waals surface area contributed by atoms with Crippen LogP contribution in [0.15, 0.2) is 48.9 Å². The Hall–Kier alpha value is -2.47. The third kappa shape index (κ3) is 3.55. The van der Waals surface area contributed by atoms with E-state index in [1.54, 1.807) is 4.68 Å². The number of nitrogens with one attached hydrogen (secondary N) is 1. The van der Waals surface area contributed by atoms with Gasteiger partial charge in [-0.25, -0.2) is 4.68 Å². The van der Waals surface area contributed by atoms with E-state index in [4.69, 9.17) is 0 Å². The van der Waals surface area contributed by atoms with Gasteiger partial charge in [0.25, 0.3) is 0 Å². The molecule has 0 unspecified atom stereocenters. The molecular formula is C15H18N6. The summed E-state index contributed by atoms with van der Waals surface area (Å²) < 4.78 is 3.72. The Morgan fingerprint density at radius 1 is 1.14 bits per heavy atom. The van der Waals surface area contributed by atoms with Gasteiger partial charge in [0.15, 0.2) is 0 Å². The minimum absolute atomic E-state index is 0.701. The zero-order chi connectivity index (χ0) is 14.5. The van der Waals surface area contributed by atoms with E-state index in [2.05, 4.69) is 20.7 Å². The number of hydrogen-bond acceptors (Lipinski definition) is 4. The van der Waals surface area contributed by atoms with Crippen LogP contribution in [0.3, 0.4) is 0 Å². The van der Waals surface area contributed by atoms with E-state index < -0.39 is 0 Å². The van der Waals surface area contributed by atoms with Crippen molar-refractivity contribution >= 4 is 0 Å². The van der Waals surface area contributed by atoms with Gasteiger partial charge in [0, 0.05) is 19.3 Å². The van der Waals surface area contributed by atoms with Crippen molar-refractivity contribution in [1.29, 1.82) is 0 Å². The fraction of sp³-hybridized carbons (Fsp3) is 0.267. The third-order valence-corrected chi connectivity index (χ3v) is 3.15. The first-order valence-electron chi connectivity index (χ1n) is 6.98. The van der Waals surface area contributed by atoms with Gasteiger partial charge in [0.05, 0.1) is 30.3 Å². The molecule has 1 aromatic carbocycles. The van der Waals surface area contributed by atoms with Crippen LogP contribution in [0.2, 0.25) is 0 Å². The van der Waals surface area contributed by atoms with E-state index in [1.165, 1.54) is 5.56 Å². The van der Waals surface area contributed by atoms with Crippen molar-refractivity contribution in [2.24, 2.45) is 0 Å². The second-order valence-corrected chi connectivity index (χ2v) is 4.95. The molecule has 2 aromatic heterocycles. The standard InChI is InChI=1S/C15H18N6/c1-13-9-17-20(11-13)8-7-16-10-14-12-21(19-18-14)15-5-3-2-4-6-15/h2-6,9,11-12,16H,7-8,10H2,1H3. The first-order chi connectivity index (χ1) is 10.3. The molecule has 3 aromatic rings. The summed E-state index contributed by atoms with van der Waals surface area (Å²) in [7, 11) is 0. The van der Waals surface area contributed by atoms with Crippen LogP contribution in [-0.4, -0.2) is 31.3 Å². The second kappa shape index (κ2) is 6.32. The van der Waals surface area contributed by atoms with E-state index in [0.717, 1.165) is 24.5 Å². The Kier molecular flexibility index (Phi) is 4.07. The highest BCUT2D eigenvalue weighted by Gasteiger charge is 2.02. The van der Waals surface area contributed by atoms with Crippen LogP contribution >= 0.6 is 0 Å².